The Morgan fingerprint density at radius 1 is 0.558 bits per heavy atom. The molecule has 2 aliphatic carbocycles. The van der Waals surface area contributed by atoms with Crippen LogP contribution in [0.3, 0.4) is 0 Å². The van der Waals surface area contributed by atoms with Crippen LogP contribution in [0, 0.1) is 5.92 Å². The molecule has 2 atom stereocenters. The highest BCUT2D eigenvalue weighted by Crippen LogP contribution is 2.57. The Kier molecular flexibility index (Phi) is 5.97. The molecule has 0 spiro atoms. The third-order valence-corrected chi connectivity index (χ3v) is 9.38. The van der Waals surface area contributed by atoms with E-state index in [1.165, 1.54) is 33.0 Å². The summed E-state index contributed by atoms with van der Waals surface area (Å²) in [5.41, 5.74) is 10.6. The molecule has 43 heavy (non-hydrogen) atoms. The van der Waals surface area contributed by atoms with Crippen LogP contribution < -0.4 is 0 Å². The van der Waals surface area contributed by atoms with E-state index >= 15 is 0 Å². The summed E-state index contributed by atoms with van der Waals surface area (Å²) >= 11 is 0. The second kappa shape index (κ2) is 10.0. The van der Waals surface area contributed by atoms with Gasteiger partial charge in [-0.3, -0.25) is 0 Å². The van der Waals surface area contributed by atoms with Crippen LogP contribution in [0.1, 0.15) is 30.9 Å². The molecule has 2 unspecified atom stereocenters. The molecule has 0 amide bonds. The lowest BCUT2D eigenvalue weighted by Gasteiger charge is -2.29. The van der Waals surface area contributed by atoms with Gasteiger partial charge in [-0.15, -0.1) is 0 Å². The van der Waals surface area contributed by atoms with Crippen molar-refractivity contribution in [1.82, 2.24) is 9.97 Å². The number of aromatic nitrogens is 2. The molecule has 0 N–H and O–H groups in total. The highest BCUT2D eigenvalue weighted by Gasteiger charge is 2.46. The monoisotopic (exact) mass is 552 g/mol. The van der Waals surface area contributed by atoms with E-state index in [4.69, 9.17) is 9.97 Å². The molecule has 0 radical (unpaired) electrons. The van der Waals surface area contributed by atoms with Crippen LogP contribution >= 0.6 is 0 Å². The van der Waals surface area contributed by atoms with E-state index in [1.807, 2.05) is 12.1 Å². The van der Waals surface area contributed by atoms with Crippen LogP contribution in [0.15, 0.2) is 146 Å². The van der Waals surface area contributed by atoms with E-state index < -0.39 is 0 Å². The Morgan fingerprint density at radius 3 is 1.81 bits per heavy atom. The summed E-state index contributed by atoms with van der Waals surface area (Å²) in [4.78, 5) is 10.1. The maximum Gasteiger partial charge on any atom is 0.160 e. The fraction of sp³-hybridized carbons (Fsp3) is 0.122. The third-order valence-electron chi connectivity index (χ3n) is 9.38. The van der Waals surface area contributed by atoms with Crippen molar-refractivity contribution in [3.05, 3.63) is 157 Å². The zero-order valence-electron chi connectivity index (χ0n) is 24.4. The first-order valence-electron chi connectivity index (χ1n) is 15.1. The van der Waals surface area contributed by atoms with Crippen LogP contribution in [-0.2, 0) is 5.41 Å². The van der Waals surface area contributed by atoms with Crippen LogP contribution in [0.4, 0.5) is 0 Å². The van der Waals surface area contributed by atoms with E-state index in [0.717, 1.165) is 33.9 Å². The van der Waals surface area contributed by atoms with Gasteiger partial charge >= 0.3 is 0 Å². The topological polar surface area (TPSA) is 25.8 Å². The molecule has 0 saturated heterocycles. The lowest BCUT2D eigenvalue weighted by molar-refractivity contribution is 0.394. The molecule has 2 aliphatic rings. The highest BCUT2D eigenvalue weighted by molar-refractivity contribution is 6.00. The number of allylic oxidation sites excluding steroid dienone is 4. The van der Waals surface area contributed by atoms with Gasteiger partial charge in [-0.2, -0.15) is 0 Å². The van der Waals surface area contributed by atoms with Crippen molar-refractivity contribution in [2.45, 2.75) is 25.2 Å². The Bertz CT molecular complexity index is 1980. The minimum absolute atomic E-state index is 0.0551. The van der Waals surface area contributed by atoms with Crippen molar-refractivity contribution >= 4 is 10.8 Å². The molecule has 2 nitrogen and oxygen atoms in total. The van der Waals surface area contributed by atoms with Crippen molar-refractivity contribution in [2.24, 2.45) is 5.92 Å². The molecule has 0 aliphatic heterocycles. The first-order valence-corrected chi connectivity index (χ1v) is 15.1. The predicted molar refractivity (Wildman–Crippen MR) is 179 cm³/mol. The van der Waals surface area contributed by atoms with Gasteiger partial charge in [-0.1, -0.05) is 153 Å². The number of hydrogen-bond acceptors (Lipinski definition) is 2. The molecular weight excluding hydrogens is 520 g/mol. The van der Waals surface area contributed by atoms with Crippen molar-refractivity contribution in [3.63, 3.8) is 0 Å². The third kappa shape index (κ3) is 4.25. The Balaban J connectivity index is 1.29. The zero-order chi connectivity index (χ0) is 29.0. The summed E-state index contributed by atoms with van der Waals surface area (Å²) in [5, 5.41) is 2.61. The van der Waals surface area contributed by atoms with Crippen molar-refractivity contribution in [1.29, 1.82) is 0 Å². The van der Waals surface area contributed by atoms with Crippen LogP contribution in [0.2, 0.25) is 0 Å². The van der Waals surface area contributed by atoms with E-state index in [-0.39, 0.29) is 5.41 Å². The fourth-order valence-corrected chi connectivity index (χ4v) is 7.18. The SMILES string of the molecule is CC1(C)c2cc3ccccc3c(-c3ccc(-c4nc(-c5ccccc5)cc(-c5ccccc5)n4)cc3)c2C2C=CC=CC21. The molecule has 206 valence electrons. The minimum atomic E-state index is 0.0551. The van der Waals surface area contributed by atoms with Gasteiger partial charge in [0.25, 0.3) is 0 Å². The van der Waals surface area contributed by atoms with Crippen molar-refractivity contribution < 1.29 is 0 Å². The standard InChI is InChI=1S/C41H32N2/c1-41(2)34-20-12-11-19-33(34)39-35(41)25-31-17-9-10-18-32(31)38(39)29-21-23-30(24-22-29)40-42-36(27-13-5-3-6-14-27)26-37(43-40)28-15-7-4-8-16-28/h3-26,33-34H,1-2H3. The Labute approximate surface area is 253 Å². The van der Waals surface area contributed by atoms with Gasteiger partial charge in [-0.05, 0) is 50.4 Å². The quantitative estimate of drug-likeness (QED) is 0.217. The first kappa shape index (κ1) is 25.6. The molecular formula is C41H32N2. The molecule has 2 heteroatoms. The van der Waals surface area contributed by atoms with Gasteiger partial charge in [0.1, 0.15) is 0 Å². The molecule has 0 fully saturated rings. The van der Waals surface area contributed by atoms with Gasteiger partial charge in [-0.25, -0.2) is 9.97 Å². The van der Waals surface area contributed by atoms with Gasteiger partial charge in [0.05, 0.1) is 11.4 Å². The van der Waals surface area contributed by atoms with E-state index in [2.05, 4.69) is 147 Å². The molecule has 0 bridgehead atoms. The summed E-state index contributed by atoms with van der Waals surface area (Å²) in [6, 6.07) is 43.0. The normalized spacial score (nSPS) is 18.0. The Hall–Kier alpha value is -5.08. The summed E-state index contributed by atoms with van der Waals surface area (Å²) in [7, 11) is 0. The molecule has 0 saturated carbocycles. The van der Waals surface area contributed by atoms with Crippen molar-refractivity contribution in [3.8, 4) is 45.0 Å². The van der Waals surface area contributed by atoms with Gasteiger partial charge < -0.3 is 0 Å². The number of rotatable bonds is 4. The maximum atomic E-state index is 5.05. The molecule has 1 aromatic heterocycles. The lowest BCUT2D eigenvalue weighted by atomic mass is 9.74. The average molecular weight is 553 g/mol. The van der Waals surface area contributed by atoms with E-state index in [1.54, 1.807) is 0 Å². The summed E-state index contributed by atoms with van der Waals surface area (Å²) < 4.78 is 0. The fourth-order valence-electron chi connectivity index (χ4n) is 7.18. The largest absolute Gasteiger partial charge is 0.228 e. The summed E-state index contributed by atoms with van der Waals surface area (Å²) in [5.74, 6) is 1.55. The van der Waals surface area contributed by atoms with E-state index in [0.29, 0.717) is 11.8 Å². The number of fused-ring (bicyclic) bond motifs is 4. The van der Waals surface area contributed by atoms with Crippen LogP contribution in [-0.4, -0.2) is 9.97 Å². The minimum Gasteiger partial charge on any atom is -0.228 e. The van der Waals surface area contributed by atoms with Gasteiger partial charge in [0.15, 0.2) is 5.82 Å². The Morgan fingerprint density at radius 2 is 1.14 bits per heavy atom. The summed E-state index contributed by atoms with van der Waals surface area (Å²) in [6.07, 6.45) is 9.24. The highest BCUT2D eigenvalue weighted by atomic mass is 14.9. The summed E-state index contributed by atoms with van der Waals surface area (Å²) in [6.45, 7) is 4.81. The number of benzene rings is 5. The average Bonchev–Trinajstić information content (AvgIpc) is 3.30. The second-order valence-corrected chi connectivity index (χ2v) is 12.2. The molecule has 8 rings (SSSR count). The predicted octanol–water partition coefficient (Wildman–Crippen LogP) is 10.4. The molecule has 1 heterocycles. The maximum absolute atomic E-state index is 5.05. The van der Waals surface area contributed by atoms with E-state index in [9.17, 15) is 0 Å². The van der Waals surface area contributed by atoms with Gasteiger partial charge in [0, 0.05) is 22.6 Å². The van der Waals surface area contributed by atoms with Crippen molar-refractivity contribution in [2.75, 3.05) is 0 Å². The molecule has 6 aromatic rings. The second-order valence-electron chi connectivity index (χ2n) is 12.2. The molecule has 5 aromatic carbocycles. The lowest BCUT2D eigenvalue weighted by Crippen LogP contribution is -2.24. The zero-order valence-corrected chi connectivity index (χ0v) is 24.4. The first-order chi connectivity index (χ1) is 21.1. The van der Waals surface area contributed by atoms with Crippen LogP contribution in [0.25, 0.3) is 55.8 Å². The van der Waals surface area contributed by atoms with Crippen LogP contribution in [0.5, 0.6) is 0 Å². The number of nitrogens with zero attached hydrogens (tertiary/aromatic N) is 2. The smallest absolute Gasteiger partial charge is 0.160 e. The van der Waals surface area contributed by atoms with Gasteiger partial charge in [0.2, 0.25) is 0 Å². The number of hydrogen-bond donors (Lipinski definition) is 0.